The molecule has 1 aromatic heterocycles. The highest BCUT2D eigenvalue weighted by molar-refractivity contribution is 6.13. The summed E-state index contributed by atoms with van der Waals surface area (Å²) in [6.07, 6.45) is 7.86. The van der Waals surface area contributed by atoms with Crippen LogP contribution in [0.5, 0.6) is 0 Å². The fourth-order valence-corrected chi connectivity index (χ4v) is 3.60. The molecule has 1 aromatic rings. The molecule has 0 radical (unpaired) electrons. The van der Waals surface area contributed by atoms with Gasteiger partial charge in [0, 0.05) is 48.7 Å². The first-order valence-electron chi connectivity index (χ1n) is 12.8. The van der Waals surface area contributed by atoms with Crippen molar-refractivity contribution >= 4 is 17.7 Å². The van der Waals surface area contributed by atoms with Crippen LogP contribution in [0.2, 0.25) is 0 Å². The minimum absolute atomic E-state index is 0.0492. The average Bonchev–Trinajstić information content (AvgIpc) is 2.99. The number of unbranched alkanes of at least 4 members (excludes halogenated alkanes) is 1. The number of nitrogens with zero attached hydrogens (tertiary/aromatic N) is 2. The first kappa shape index (κ1) is 31.3. The van der Waals surface area contributed by atoms with Gasteiger partial charge < -0.3 is 9.67 Å². The first-order chi connectivity index (χ1) is 15.3. The molecule has 4 nitrogen and oxygen atoms in total. The van der Waals surface area contributed by atoms with Crippen LogP contribution in [-0.4, -0.2) is 28.3 Å². The van der Waals surface area contributed by atoms with Crippen LogP contribution in [0, 0.1) is 24.7 Å². The molecule has 190 valence electrons. The van der Waals surface area contributed by atoms with Gasteiger partial charge >= 0.3 is 0 Å². The third-order valence-electron chi connectivity index (χ3n) is 5.77. The van der Waals surface area contributed by atoms with E-state index in [2.05, 4.69) is 85.0 Å². The first-order valence-corrected chi connectivity index (χ1v) is 12.8. The molecule has 1 unspecified atom stereocenters. The molecular weight excluding hydrogens is 408 g/mol. The van der Waals surface area contributed by atoms with Gasteiger partial charge in [-0.05, 0) is 50.0 Å². The van der Waals surface area contributed by atoms with Gasteiger partial charge in [-0.15, -0.1) is 0 Å². The Balaban J connectivity index is 0.00000235. The van der Waals surface area contributed by atoms with Gasteiger partial charge in [0.15, 0.2) is 5.78 Å². The van der Waals surface area contributed by atoms with E-state index in [4.69, 9.17) is 0 Å². The fourth-order valence-electron chi connectivity index (χ4n) is 3.60. The van der Waals surface area contributed by atoms with Crippen molar-refractivity contribution in [3.05, 3.63) is 29.1 Å². The van der Waals surface area contributed by atoms with E-state index < -0.39 is 0 Å². The highest BCUT2D eigenvalue weighted by Crippen LogP contribution is 2.31. The van der Waals surface area contributed by atoms with Crippen LogP contribution < -0.4 is 0 Å². The summed E-state index contributed by atoms with van der Waals surface area (Å²) >= 11 is 0. The lowest BCUT2D eigenvalue weighted by Gasteiger charge is -2.19. The Morgan fingerprint density at radius 2 is 1.73 bits per heavy atom. The quantitative estimate of drug-likeness (QED) is 0.209. The lowest BCUT2D eigenvalue weighted by molar-refractivity contribution is -0.115. The molecule has 0 bridgehead atoms. The van der Waals surface area contributed by atoms with Crippen molar-refractivity contribution in [3.63, 3.8) is 0 Å². The highest BCUT2D eigenvalue weighted by atomic mass is 16.3. The molecule has 0 saturated heterocycles. The molecular formula is C29H52N2O2. The lowest BCUT2D eigenvalue weighted by atomic mass is 9.90. The summed E-state index contributed by atoms with van der Waals surface area (Å²) in [6.45, 7) is 21.7. The molecule has 33 heavy (non-hydrogen) atoms. The van der Waals surface area contributed by atoms with E-state index in [9.17, 15) is 9.90 Å². The van der Waals surface area contributed by atoms with E-state index in [1.807, 2.05) is 13.0 Å². The number of hydrogen-bond donors (Lipinski definition) is 1. The number of allylic oxidation sites excluding steroid dienone is 2. The molecule has 0 aromatic carbocycles. The standard InChI is InChI=1S/C25H42N2O2.C4H10/c1-9-12-20(23(29)14-11-10-13-21(17-28)18(2)3)16-26-22-15-24(25(5,6)7)27(8)19(22)4;1-4(2)3/h12,15-16,18,21,28H,9-11,13-14,17H2,1-8H3;4H,1-3H3/b20-12-,26-16?;. The highest BCUT2D eigenvalue weighted by Gasteiger charge is 2.20. The third kappa shape index (κ3) is 11.8. The van der Waals surface area contributed by atoms with Crippen molar-refractivity contribution in [2.75, 3.05) is 6.61 Å². The molecule has 0 aliphatic rings. The Labute approximate surface area is 204 Å². The Hall–Kier alpha value is -1.68. The number of aliphatic hydroxyl groups is 1. The number of carbonyl (C=O) groups excluding carboxylic acids is 1. The van der Waals surface area contributed by atoms with Gasteiger partial charge in [-0.25, -0.2) is 0 Å². The summed E-state index contributed by atoms with van der Waals surface area (Å²) in [5, 5.41) is 9.44. The van der Waals surface area contributed by atoms with Gasteiger partial charge in [0.1, 0.15) is 0 Å². The largest absolute Gasteiger partial charge is 0.396 e. The van der Waals surface area contributed by atoms with Crippen LogP contribution in [0.4, 0.5) is 5.69 Å². The second-order valence-corrected chi connectivity index (χ2v) is 11.2. The lowest BCUT2D eigenvalue weighted by Crippen LogP contribution is -2.16. The van der Waals surface area contributed by atoms with Crippen LogP contribution in [0.15, 0.2) is 22.7 Å². The third-order valence-corrected chi connectivity index (χ3v) is 5.77. The zero-order valence-electron chi connectivity index (χ0n) is 23.5. The van der Waals surface area contributed by atoms with Crippen molar-refractivity contribution in [2.24, 2.45) is 29.8 Å². The topological polar surface area (TPSA) is 54.6 Å². The zero-order chi connectivity index (χ0) is 25.8. The predicted octanol–water partition coefficient (Wildman–Crippen LogP) is 7.73. The number of Topliss-reactive ketones (excluding diaryl/α,β-unsaturated/α-hetero) is 1. The summed E-state index contributed by atoms with van der Waals surface area (Å²) in [7, 11) is 2.07. The number of aromatic nitrogens is 1. The van der Waals surface area contributed by atoms with Gasteiger partial charge in [-0.3, -0.25) is 9.79 Å². The average molecular weight is 461 g/mol. The normalized spacial score (nSPS) is 13.6. The van der Waals surface area contributed by atoms with Gasteiger partial charge in [0.2, 0.25) is 0 Å². The summed E-state index contributed by atoms with van der Waals surface area (Å²) in [4.78, 5) is 17.4. The zero-order valence-corrected chi connectivity index (χ0v) is 23.5. The van der Waals surface area contributed by atoms with E-state index in [0.29, 0.717) is 23.8 Å². The van der Waals surface area contributed by atoms with Crippen LogP contribution >= 0.6 is 0 Å². The summed E-state index contributed by atoms with van der Waals surface area (Å²) < 4.78 is 2.18. The Morgan fingerprint density at radius 1 is 1.15 bits per heavy atom. The maximum Gasteiger partial charge on any atom is 0.164 e. The minimum Gasteiger partial charge on any atom is -0.396 e. The molecule has 0 aliphatic heterocycles. The van der Waals surface area contributed by atoms with Crippen molar-refractivity contribution in [3.8, 4) is 0 Å². The van der Waals surface area contributed by atoms with Crippen LogP contribution in [0.25, 0.3) is 0 Å². The van der Waals surface area contributed by atoms with E-state index in [1.54, 1.807) is 6.21 Å². The number of rotatable bonds is 11. The van der Waals surface area contributed by atoms with Crippen molar-refractivity contribution in [2.45, 2.75) is 107 Å². The molecule has 0 saturated carbocycles. The van der Waals surface area contributed by atoms with Crippen LogP contribution in [0.3, 0.4) is 0 Å². The van der Waals surface area contributed by atoms with E-state index >= 15 is 0 Å². The molecule has 1 N–H and O–H groups in total. The number of hydrogen-bond acceptors (Lipinski definition) is 3. The summed E-state index contributed by atoms with van der Waals surface area (Å²) in [5.41, 5.74) is 4.02. The second kappa shape index (κ2) is 15.3. The van der Waals surface area contributed by atoms with Gasteiger partial charge in [-0.2, -0.15) is 0 Å². The van der Waals surface area contributed by atoms with E-state index in [1.165, 1.54) is 5.69 Å². The molecule has 0 fully saturated rings. The SMILES string of the molecule is CC(C)C.CC/C=C(/C=Nc1cc(C(C)(C)C)n(C)c1C)C(=O)CCCCC(CO)C(C)C. The molecule has 0 spiro atoms. The summed E-state index contributed by atoms with van der Waals surface area (Å²) in [5.74, 6) is 1.80. The Kier molecular flexibility index (Phi) is 14.5. The smallest absolute Gasteiger partial charge is 0.164 e. The van der Waals surface area contributed by atoms with Gasteiger partial charge in [0.05, 0.1) is 5.69 Å². The fraction of sp³-hybridized carbons (Fsp3) is 0.724. The number of aliphatic hydroxyl groups excluding tert-OH is 1. The Bertz CT molecular complexity index is 759. The Morgan fingerprint density at radius 3 is 2.15 bits per heavy atom. The minimum atomic E-state index is 0.0492. The number of aliphatic imine (C=N–C) groups is 1. The van der Waals surface area contributed by atoms with Crippen molar-refractivity contribution in [1.29, 1.82) is 0 Å². The molecule has 1 rings (SSSR count). The number of carbonyl (C=O) groups is 1. The molecule has 4 heteroatoms. The maximum atomic E-state index is 12.7. The maximum absolute atomic E-state index is 12.7. The van der Waals surface area contributed by atoms with Gasteiger partial charge in [-0.1, -0.05) is 74.8 Å². The van der Waals surface area contributed by atoms with Gasteiger partial charge in [0.25, 0.3) is 0 Å². The monoisotopic (exact) mass is 460 g/mol. The van der Waals surface area contributed by atoms with E-state index in [-0.39, 0.29) is 17.8 Å². The summed E-state index contributed by atoms with van der Waals surface area (Å²) in [6, 6.07) is 2.13. The van der Waals surface area contributed by atoms with Crippen LogP contribution in [0.1, 0.15) is 106 Å². The predicted molar refractivity (Wildman–Crippen MR) is 145 cm³/mol. The molecule has 1 atom stereocenters. The van der Waals surface area contributed by atoms with Crippen molar-refractivity contribution in [1.82, 2.24) is 4.57 Å². The van der Waals surface area contributed by atoms with Crippen molar-refractivity contribution < 1.29 is 9.90 Å². The molecule has 0 amide bonds. The molecule has 1 heterocycles. The number of ketones is 1. The molecule has 0 aliphatic carbocycles. The van der Waals surface area contributed by atoms with Crippen LogP contribution in [-0.2, 0) is 17.3 Å². The second-order valence-electron chi connectivity index (χ2n) is 11.2. The van der Waals surface area contributed by atoms with E-state index in [0.717, 1.165) is 43.0 Å².